The Kier molecular flexibility index (Phi) is 2.47. The summed E-state index contributed by atoms with van der Waals surface area (Å²) in [5.74, 6) is -0.225. The summed E-state index contributed by atoms with van der Waals surface area (Å²) < 4.78 is 13.7. The Labute approximate surface area is 80.8 Å². The van der Waals surface area contributed by atoms with E-state index in [1.54, 1.807) is 12.3 Å². The highest BCUT2D eigenvalue weighted by Gasteiger charge is 2.07. The number of aromatic amines is 1. The average molecular weight is 194 g/mol. The Bertz CT molecular complexity index is 439. The van der Waals surface area contributed by atoms with E-state index in [2.05, 4.69) is 15.3 Å². The fourth-order valence-corrected chi connectivity index (χ4v) is 1.42. The molecule has 0 aliphatic rings. The number of halogens is 1. The minimum Gasteiger partial charge on any atom is -0.359 e. The summed E-state index contributed by atoms with van der Waals surface area (Å²) in [4.78, 5) is 7.53. The second kappa shape index (κ2) is 3.77. The maximum atomic E-state index is 13.7. The van der Waals surface area contributed by atoms with Gasteiger partial charge in [0.15, 0.2) is 5.82 Å². The molecule has 0 aliphatic heterocycles. The summed E-state index contributed by atoms with van der Waals surface area (Å²) in [6.45, 7) is 0.358. The molecular weight excluding hydrogens is 183 g/mol. The van der Waals surface area contributed by atoms with E-state index in [9.17, 15) is 4.39 Å². The number of hydrogen-bond acceptors (Lipinski definition) is 2. The van der Waals surface area contributed by atoms with Gasteiger partial charge in [-0.05, 0) is 6.07 Å². The predicted octanol–water partition coefficient (Wildman–Crippen LogP) is 1.96. The van der Waals surface area contributed by atoms with Crippen LogP contribution in [0.4, 0.5) is 4.39 Å². The number of hydrogen-bond donors (Lipinski definition) is 2. The Morgan fingerprint density at radius 3 is 3.07 bits per heavy atom. The van der Waals surface area contributed by atoms with Gasteiger partial charge in [-0.1, -0.05) is 12.1 Å². The van der Waals surface area contributed by atoms with Crippen molar-refractivity contribution < 1.29 is 9.23 Å². The van der Waals surface area contributed by atoms with E-state index < -0.39 is 0 Å². The van der Waals surface area contributed by atoms with Crippen molar-refractivity contribution in [3.63, 3.8) is 0 Å². The number of benzene rings is 1. The van der Waals surface area contributed by atoms with Gasteiger partial charge in [0.2, 0.25) is 0 Å². The van der Waals surface area contributed by atoms with Crippen molar-refractivity contribution in [2.75, 3.05) is 7.11 Å². The molecule has 0 atom stereocenters. The fourth-order valence-electron chi connectivity index (χ4n) is 1.42. The summed E-state index contributed by atoms with van der Waals surface area (Å²) in [7, 11) is 1.51. The first-order valence-electron chi connectivity index (χ1n) is 4.33. The van der Waals surface area contributed by atoms with Gasteiger partial charge in [0.25, 0.3) is 0 Å². The smallest absolute Gasteiger partial charge is 0.151 e. The van der Waals surface area contributed by atoms with Crippen LogP contribution in [0, 0.1) is 5.82 Å². The number of hydroxylamine groups is 1. The molecule has 0 fully saturated rings. The molecule has 0 bridgehead atoms. The molecule has 1 heterocycles. The molecule has 0 aliphatic carbocycles. The summed E-state index contributed by atoms with van der Waals surface area (Å²) in [5.41, 5.74) is 3.74. The normalized spacial score (nSPS) is 11.0. The maximum Gasteiger partial charge on any atom is 0.151 e. The Balaban J connectivity index is 2.40. The molecule has 0 radical (unpaired) electrons. The van der Waals surface area contributed by atoms with Gasteiger partial charge in [-0.15, -0.1) is 0 Å². The van der Waals surface area contributed by atoms with Crippen molar-refractivity contribution in [1.29, 1.82) is 0 Å². The molecule has 2 aromatic rings. The third-order valence-corrected chi connectivity index (χ3v) is 2.15. The summed E-state index contributed by atoms with van der Waals surface area (Å²) >= 11 is 0. The number of H-pyrrole nitrogens is 1. The third-order valence-electron chi connectivity index (χ3n) is 2.15. The van der Waals surface area contributed by atoms with Crippen LogP contribution in [0.2, 0.25) is 0 Å². The highest BCUT2D eigenvalue weighted by Crippen LogP contribution is 2.19. The summed E-state index contributed by atoms with van der Waals surface area (Å²) in [5, 5.41) is 0.878. The number of nitrogens with one attached hydrogen (secondary N) is 2. The van der Waals surface area contributed by atoms with Crippen molar-refractivity contribution in [3.05, 3.63) is 35.8 Å². The van der Waals surface area contributed by atoms with Gasteiger partial charge in [0, 0.05) is 23.7 Å². The molecule has 14 heavy (non-hydrogen) atoms. The fraction of sp³-hybridized carbons (Fsp3) is 0.200. The van der Waals surface area contributed by atoms with Crippen LogP contribution in [0.1, 0.15) is 5.56 Å². The van der Waals surface area contributed by atoms with Crippen LogP contribution in [0.25, 0.3) is 10.9 Å². The van der Waals surface area contributed by atoms with Crippen molar-refractivity contribution >= 4 is 10.9 Å². The van der Waals surface area contributed by atoms with Crippen LogP contribution in [0.5, 0.6) is 0 Å². The Morgan fingerprint density at radius 1 is 1.43 bits per heavy atom. The summed E-state index contributed by atoms with van der Waals surface area (Å²) in [6.07, 6.45) is 1.72. The highest BCUT2D eigenvalue weighted by atomic mass is 19.1. The van der Waals surface area contributed by atoms with E-state index in [1.807, 2.05) is 12.1 Å². The van der Waals surface area contributed by atoms with Gasteiger partial charge >= 0.3 is 0 Å². The Hall–Kier alpha value is -1.39. The molecule has 1 aromatic carbocycles. The highest BCUT2D eigenvalue weighted by molar-refractivity contribution is 5.80. The van der Waals surface area contributed by atoms with Crippen LogP contribution < -0.4 is 5.48 Å². The molecule has 0 amide bonds. The van der Waals surface area contributed by atoms with Crippen molar-refractivity contribution in [2.24, 2.45) is 0 Å². The molecule has 1 aromatic heterocycles. The standard InChI is InChI=1S/C10H11FN2O/c1-14-13-6-8-3-2-7-4-5-12-10(7)9(8)11/h2-5,12-13H,6H2,1H3. The second-order valence-corrected chi connectivity index (χ2v) is 3.01. The molecular formula is C10H11FN2O. The molecule has 0 unspecified atom stereocenters. The monoisotopic (exact) mass is 194 g/mol. The molecule has 0 saturated carbocycles. The predicted molar refractivity (Wildman–Crippen MR) is 52.1 cm³/mol. The van der Waals surface area contributed by atoms with E-state index in [4.69, 9.17) is 0 Å². The molecule has 4 heteroatoms. The molecule has 0 spiro atoms. The summed E-state index contributed by atoms with van der Waals surface area (Å²) in [6, 6.07) is 5.46. The first kappa shape index (κ1) is 9.18. The number of fused-ring (bicyclic) bond motifs is 1. The molecule has 74 valence electrons. The lowest BCUT2D eigenvalue weighted by Gasteiger charge is -2.04. The van der Waals surface area contributed by atoms with Crippen LogP contribution in [-0.2, 0) is 11.4 Å². The van der Waals surface area contributed by atoms with E-state index in [0.717, 1.165) is 5.39 Å². The first-order chi connectivity index (χ1) is 6.83. The SMILES string of the molecule is CONCc1ccc2cc[nH]c2c1F. The van der Waals surface area contributed by atoms with E-state index >= 15 is 0 Å². The molecule has 3 nitrogen and oxygen atoms in total. The number of rotatable bonds is 3. The number of aromatic nitrogens is 1. The molecule has 2 N–H and O–H groups in total. The van der Waals surface area contributed by atoms with Gasteiger partial charge < -0.3 is 9.82 Å². The van der Waals surface area contributed by atoms with Crippen LogP contribution >= 0.6 is 0 Å². The zero-order valence-electron chi connectivity index (χ0n) is 7.80. The largest absolute Gasteiger partial charge is 0.359 e. The quantitative estimate of drug-likeness (QED) is 0.733. The zero-order valence-corrected chi connectivity index (χ0v) is 7.80. The second-order valence-electron chi connectivity index (χ2n) is 3.01. The molecule has 2 rings (SSSR count). The lowest BCUT2D eigenvalue weighted by molar-refractivity contribution is 0.0860. The van der Waals surface area contributed by atoms with Crippen molar-refractivity contribution in [2.45, 2.75) is 6.54 Å². The van der Waals surface area contributed by atoms with Crippen LogP contribution in [0.3, 0.4) is 0 Å². The van der Waals surface area contributed by atoms with E-state index in [0.29, 0.717) is 17.6 Å². The van der Waals surface area contributed by atoms with Gasteiger partial charge in [-0.2, -0.15) is 5.48 Å². The average Bonchev–Trinajstić information content (AvgIpc) is 2.66. The lowest BCUT2D eigenvalue weighted by Crippen LogP contribution is -2.12. The van der Waals surface area contributed by atoms with E-state index in [1.165, 1.54) is 7.11 Å². The third kappa shape index (κ3) is 1.49. The van der Waals surface area contributed by atoms with Gasteiger partial charge in [0.05, 0.1) is 12.6 Å². The minimum absolute atomic E-state index is 0.225. The minimum atomic E-state index is -0.225. The zero-order chi connectivity index (χ0) is 9.97. The van der Waals surface area contributed by atoms with Gasteiger partial charge in [-0.3, -0.25) is 0 Å². The van der Waals surface area contributed by atoms with Crippen molar-refractivity contribution in [1.82, 2.24) is 10.5 Å². The van der Waals surface area contributed by atoms with Gasteiger partial charge in [0.1, 0.15) is 0 Å². The lowest BCUT2D eigenvalue weighted by atomic mass is 10.1. The Morgan fingerprint density at radius 2 is 2.29 bits per heavy atom. The maximum absolute atomic E-state index is 13.7. The topological polar surface area (TPSA) is 37.0 Å². The van der Waals surface area contributed by atoms with Crippen LogP contribution in [0.15, 0.2) is 24.4 Å². The van der Waals surface area contributed by atoms with Crippen LogP contribution in [-0.4, -0.2) is 12.1 Å². The van der Waals surface area contributed by atoms with E-state index in [-0.39, 0.29) is 5.82 Å². The molecule has 0 saturated heterocycles. The van der Waals surface area contributed by atoms with Crippen molar-refractivity contribution in [3.8, 4) is 0 Å². The van der Waals surface area contributed by atoms with Gasteiger partial charge in [-0.25, -0.2) is 4.39 Å². The first-order valence-corrected chi connectivity index (χ1v) is 4.33.